The lowest BCUT2D eigenvalue weighted by molar-refractivity contribution is 0.263. The van der Waals surface area contributed by atoms with E-state index < -0.39 is 0 Å². The number of aromatic nitrogens is 2. The lowest BCUT2D eigenvalue weighted by atomic mass is 9.88. The van der Waals surface area contributed by atoms with Crippen molar-refractivity contribution in [1.82, 2.24) is 14.9 Å². The summed E-state index contributed by atoms with van der Waals surface area (Å²) in [6.45, 7) is 10.3. The van der Waals surface area contributed by atoms with Crippen molar-refractivity contribution in [2.45, 2.75) is 77.7 Å². The van der Waals surface area contributed by atoms with Crippen LogP contribution in [0.3, 0.4) is 0 Å². The fourth-order valence-corrected chi connectivity index (χ4v) is 5.34. The van der Waals surface area contributed by atoms with Crippen LogP contribution in [0, 0.1) is 11.8 Å². The lowest BCUT2D eigenvalue weighted by Crippen LogP contribution is -2.31. The van der Waals surface area contributed by atoms with Gasteiger partial charge in [-0.05, 0) is 62.8 Å². The van der Waals surface area contributed by atoms with Gasteiger partial charge in [0.2, 0.25) is 5.95 Å². The quantitative estimate of drug-likeness (QED) is 0.531. The Morgan fingerprint density at radius 1 is 1.12 bits per heavy atom. The fourth-order valence-electron chi connectivity index (χ4n) is 5.34. The Morgan fingerprint density at radius 2 is 1.97 bits per heavy atom. The normalized spacial score (nSPS) is 25.3. The van der Waals surface area contributed by atoms with E-state index in [1.165, 1.54) is 64.5 Å². The zero-order valence-electron chi connectivity index (χ0n) is 20.3. The highest BCUT2D eigenvalue weighted by molar-refractivity contribution is 5.43. The van der Waals surface area contributed by atoms with Crippen LogP contribution in [-0.2, 0) is 0 Å². The zero-order valence-corrected chi connectivity index (χ0v) is 20.3. The summed E-state index contributed by atoms with van der Waals surface area (Å²) in [6.07, 6.45) is 20.6. The van der Waals surface area contributed by atoms with E-state index >= 15 is 0 Å². The molecule has 0 saturated carbocycles. The van der Waals surface area contributed by atoms with Gasteiger partial charge in [-0.25, -0.2) is 4.98 Å². The van der Waals surface area contributed by atoms with Crippen LogP contribution in [0.1, 0.15) is 71.6 Å². The lowest BCUT2D eigenvalue weighted by Gasteiger charge is -2.26. The number of allylic oxidation sites excluding steroid dienone is 4. The van der Waals surface area contributed by atoms with Gasteiger partial charge in [-0.15, -0.1) is 0 Å². The number of nitrogens with zero attached hydrogens (tertiary/aromatic N) is 4. The van der Waals surface area contributed by atoms with Crippen LogP contribution in [0.2, 0.25) is 0 Å². The molecule has 0 amide bonds. The Labute approximate surface area is 195 Å². The third-order valence-electron chi connectivity index (χ3n) is 7.21. The van der Waals surface area contributed by atoms with Gasteiger partial charge in [0.1, 0.15) is 5.82 Å². The molecule has 0 spiro atoms. The van der Waals surface area contributed by atoms with E-state index in [9.17, 15) is 0 Å². The number of hydrogen-bond donors (Lipinski definition) is 1. The van der Waals surface area contributed by atoms with Crippen molar-refractivity contribution >= 4 is 11.8 Å². The molecule has 3 heterocycles. The smallest absolute Gasteiger partial charge is 0.224 e. The molecule has 2 atom stereocenters. The summed E-state index contributed by atoms with van der Waals surface area (Å²) < 4.78 is 0. The molecule has 4 rings (SSSR count). The molecule has 1 aromatic heterocycles. The molecule has 1 aromatic rings. The molecule has 2 aliphatic heterocycles. The van der Waals surface area contributed by atoms with Crippen molar-refractivity contribution in [2.75, 3.05) is 42.9 Å². The molecule has 0 radical (unpaired) electrons. The maximum Gasteiger partial charge on any atom is 0.224 e. The number of hydrogen-bond acceptors (Lipinski definition) is 5. The van der Waals surface area contributed by atoms with Gasteiger partial charge in [-0.3, -0.25) is 0 Å². The fraction of sp³-hybridized carbons (Fsp3) is 0.704. The van der Waals surface area contributed by atoms with Gasteiger partial charge < -0.3 is 15.1 Å². The van der Waals surface area contributed by atoms with Crippen LogP contribution in [0.5, 0.6) is 0 Å². The van der Waals surface area contributed by atoms with Crippen molar-refractivity contribution in [1.29, 1.82) is 0 Å². The second-order valence-electron chi connectivity index (χ2n) is 10.4. The first-order chi connectivity index (χ1) is 15.7. The summed E-state index contributed by atoms with van der Waals surface area (Å²) in [5.41, 5.74) is 1.64. The van der Waals surface area contributed by atoms with Crippen LogP contribution in [0.4, 0.5) is 11.8 Å². The van der Waals surface area contributed by atoms with E-state index in [1.807, 2.05) is 6.20 Å². The average molecular weight is 438 g/mol. The van der Waals surface area contributed by atoms with E-state index in [2.05, 4.69) is 58.2 Å². The molecular weight excluding hydrogens is 394 g/mol. The maximum atomic E-state index is 4.86. The molecular formula is C27H43N5. The van der Waals surface area contributed by atoms with E-state index in [1.54, 1.807) is 5.57 Å². The molecule has 1 aliphatic carbocycles. The number of rotatable bonds is 8. The van der Waals surface area contributed by atoms with Crippen LogP contribution < -0.4 is 10.2 Å². The Hall–Kier alpha value is -1.88. The molecule has 0 aromatic carbocycles. The molecule has 176 valence electrons. The van der Waals surface area contributed by atoms with E-state index in [0.717, 1.165) is 43.7 Å². The summed E-state index contributed by atoms with van der Waals surface area (Å²) in [5.74, 6) is 3.37. The van der Waals surface area contributed by atoms with Crippen LogP contribution in [0.15, 0.2) is 36.1 Å². The first-order valence-electron chi connectivity index (χ1n) is 13.1. The third kappa shape index (κ3) is 7.06. The topological polar surface area (TPSA) is 44.3 Å². The van der Waals surface area contributed by atoms with Gasteiger partial charge in [0.15, 0.2) is 0 Å². The molecule has 2 unspecified atom stereocenters. The minimum Gasteiger partial charge on any atom is -0.356 e. The molecule has 5 heteroatoms. The van der Waals surface area contributed by atoms with Crippen molar-refractivity contribution in [3.05, 3.63) is 36.1 Å². The molecule has 1 N–H and O–H groups in total. The van der Waals surface area contributed by atoms with Crippen LogP contribution in [0.25, 0.3) is 0 Å². The van der Waals surface area contributed by atoms with Crippen molar-refractivity contribution in [3.63, 3.8) is 0 Å². The predicted molar refractivity (Wildman–Crippen MR) is 135 cm³/mol. The monoisotopic (exact) mass is 437 g/mol. The van der Waals surface area contributed by atoms with Crippen molar-refractivity contribution < 1.29 is 0 Å². The minimum atomic E-state index is 0.463. The summed E-state index contributed by atoms with van der Waals surface area (Å²) in [5, 5.41) is 3.63. The van der Waals surface area contributed by atoms with E-state index in [-0.39, 0.29) is 0 Å². The third-order valence-corrected chi connectivity index (χ3v) is 7.21. The van der Waals surface area contributed by atoms with Crippen LogP contribution in [-0.4, -0.2) is 53.6 Å². The first-order valence-corrected chi connectivity index (χ1v) is 13.1. The van der Waals surface area contributed by atoms with Gasteiger partial charge in [0.05, 0.1) is 0 Å². The SMILES string of the molecule is CC(C)C=CCC1=CCC(CN2CCC(Nc3nccc(N4CCCCCC4)n3)C2)CC1. The van der Waals surface area contributed by atoms with Crippen molar-refractivity contribution in [2.24, 2.45) is 11.8 Å². The predicted octanol–water partition coefficient (Wildman–Crippen LogP) is 5.67. The number of likely N-dealkylation sites (tertiary alicyclic amines) is 1. The van der Waals surface area contributed by atoms with E-state index in [0.29, 0.717) is 12.0 Å². The van der Waals surface area contributed by atoms with Gasteiger partial charge in [-0.2, -0.15) is 4.98 Å². The highest BCUT2D eigenvalue weighted by Crippen LogP contribution is 2.28. The maximum absolute atomic E-state index is 4.86. The molecule has 2 fully saturated rings. The van der Waals surface area contributed by atoms with E-state index in [4.69, 9.17) is 4.98 Å². The summed E-state index contributed by atoms with van der Waals surface area (Å²) in [6, 6.07) is 2.53. The summed E-state index contributed by atoms with van der Waals surface area (Å²) >= 11 is 0. The molecule has 3 aliphatic rings. The zero-order chi connectivity index (χ0) is 22.2. The second-order valence-corrected chi connectivity index (χ2v) is 10.4. The largest absolute Gasteiger partial charge is 0.356 e. The molecule has 32 heavy (non-hydrogen) atoms. The highest BCUT2D eigenvalue weighted by atomic mass is 15.3. The van der Waals surface area contributed by atoms with Gasteiger partial charge in [0, 0.05) is 45.0 Å². The Balaban J connectivity index is 1.22. The highest BCUT2D eigenvalue weighted by Gasteiger charge is 2.26. The molecule has 5 nitrogen and oxygen atoms in total. The van der Waals surface area contributed by atoms with Gasteiger partial charge in [-0.1, -0.05) is 50.5 Å². The van der Waals surface area contributed by atoms with Gasteiger partial charge >= 0.3 is 0 Å². The van der Waals surface area contributed by atoms with Crippen molar-refractivity contribution in [3.8, 4) is 0 Å². The molecule has 0 bridgehead atoms. The second kappa shape index (κ2) is 11.8. The molecule has 2 saturated heterocycles. The summed E-state index contributed by atoms with van der Waals surface area (Å²) in [7, 11) is 0. The summed E-state index contributed by atoms with van der Waals surface area (Å²) in [4.78, 5) is 14.5. The van der Waals surface area contributed by atoms with Gasteiger partial charge in [0.25, 0.3) is 0 Å². The van der Waals surface area contributed by atoms with Crippen LogP contribution >= 0.6 is 0 Å². The minimum absolute atomic E-state index is 0.463. The Bertz CT molecular complexity index is 763. The first kappa shape index (κ1) is 23.3. The number of nitrogens with one attached hydrogen (secondary N) is 1. The Morgan fingerprint density at radius 3 is 2.72 bits per heavy atom. The standard InChI is InChI=1S/C27H43N5/c1-22(2)8-7-9-23-10-12-24(13-11-23)20-31-19-15-25(21-31)29-27-28-16-14-26(30-27)32-17-5-3-4-6-18-32/h7-8,10,14,16,22,24-25H,3-6,9,11-13,15,17-21H2,1-2H3,(H,28,29,30). The average Bonchev–Trinajstić information content (AvgIpc) is 3.05. The Kier molecular flexibility index (Phi) is 8.61. The number of anilines is 2.